The van der Waals surface area contributed by atoms with E-state index >= 15 is 0 Å². The van der Waals surface area contributed by atoms with Crippen LogP contribution in [0.2, 0.25) is 0 Å². The van der Waals surface area contributed by atoms with E-state index in [0.29, 0.717) is 0 Å². The first-order valence-corrected chi connectivity index (χ1v) is 22.4. The second-order valence-electron chi connectivity index (χ2n) is 16.8. The Morgan fingerprint density at radius 1 is 0.277 bits per heavy atom. The Balaban J connectivity index is 0.939. The molecule has 1 heterocycles. The van der Waals surface area contributed by atoms with Crippen LogP contribution in [0.15, 0.2) is 243 Å². The molecule has 0 atom stereocenters. The summed E-state index contributed by atoms with van der Waals surface area (Å²) in [5, 5.41) is 7.22. The molecule has 12 rings (SSSR count). The van der Waals surface area contributed by atoms with Crippen molar-refractivity contribution in [1.82, 2.24) is 0 Å². The number of anilines is 6. The summed E-state index contributed by atoms with van der Waals surface area (Å²) in [4.78, 5) is 4.72. The van der Waals surface area contributed by atoms with Crippen LogP contribution in [0.5, 0.6) is 11.5 Å². The third-order valence-corrected chi connectivity index (χ3v) is 13.0. The molecule has 0 spiro atoms. The molecule has 65 heavy (non-hydrogen) atoms. The zero-order valence-corrected chi connectivity index (χ0v) is 35.8. The van der Waals surface area contributed by atoms with Crippen molar-refractivity contribution in [2.45, 2.75) is 12.8 Å². The monoisotopic (exact) mass is 832 g/mol. The molecule has 0 aromatic heterocycles. The maximum Gasteiger partial charge on any atom is 0.139 e. The molecular formula is C62H44N2O. The molecular weight excluding hydrogens is 789 g/mol. The van der Waals surface area contributed by atoms with Gasteiger partial charge in [0.1, 0.15) is 11.5 Å². The topological polar surface area (TPSA) is 15.7 Å². The highest BCUT2D eigenvalue weighted by Crippen LogP contribution is 2.51. The number of benzene rings is 11. The molecule has 3 nitrogen and oxygen atoms in total. The first kappa shape index (κ1) is 38.3. The number of hydrogen-bond donors (Lipinski definition) is 0. The minimum Gasteiger partial charge on any atom is -0.455 e. The fourth-order valence-corrected chi connectivity index (χ4v) is 9.99. The lowest BCUT2D eigenvalue weighted by Crippen LogP contribution is -2.11. The van der Waals surface area contributed by atoms with Crippen molar-refractivity contribution < 1.29 is 4.74 Å². The van der Waals surface area contributed by atoms with E-state index in [2.05, 4.69) is 252 Å². The average molecular weight is 833 g/mol. The van der Waals surface area contributed by atoms with E-state index in [1.165, 1.54) is 54.6 Å². The van der Waals surface area contributed by atoms with E-state index in [0.717, 1.165) is 69.6 Å². The Kier molecular flexibility index (Phi) is 9.65. The van der Waals surface area contributed by atoms with Gasteiger partial charge in [-0.15, -0.1) is 0 Å². The molecule has 0 unspecified atom stereocenters. The first-order chi connectivity index (χ1) is 32.3. The van der Waals surface area contributed by atoms with E-state index in [4.69, 9.17) is 4.74 Å². The van der Waals surface area contributed by atoms with E-state index in [-0.39, 0.29) is 0 Å². The Hall–Kier alpha value is -8.40. The van der Waals surface area contributed by atoms with E-state index in [9.17, 15) is 0 Å². The number of rotatable bonds is 10. The summed E-state index contributed by atoms with van der Waals surface area (Å²) in [6.45, 7) is 0. The van der Waals surface area contributed by atoms with Gasteiger partial charge < -0.3 is 14.5 Å². The molecule has 0 saturated carbocycles. The first-order valence-electron chi connectivity index (χ1n) is 22.4. The van der Waals surface area contributed by atoms with Crippen molar-refractivity contribution in [2.75, 3.05) is 9.80 Å². The molecule has 0 saturated heterocycles. The van der Waals surface area contributed by atoms with Crippen LogP contribution in [0, 0.1) is 0 Å². The fourth-order valence-electron chi connectivity index (χ4n) is 9.99. The fraction of sp³-hybridized carbons (Fsp3) is 0.0323. The summed E-state index contributed by atoms with van der Waals surface area (Å²) in [6.07, 6.45) is 1.44. The van der Waals surface area contributed by atoms with Crippen molar-refractivity contribution in [1.29, 1.82) is 0 Å². The van der Waals surface area contributed by atoms with Gasteiger partial charge in [-0.3, -0.25) is 0 Å². The number of fused-ring (bicyclic) bond motifs is 4. The van der Waals surface area contributed by atoms with E-state index in [1.54, 1.807) is 0 Å². The zero-order valence-electron chi connectivity index (χ0n) is 35.8. The lowest BCUT2D eigenvalue weighted by Gasteiger charge is -2.28. The number of hydrogen-bond acceptors (Lipinski definition) is 3. The molecule has 0 N–H and O–H groups in total. The Labute approximate surface area is 379 Å². The van der Waals surface area contributed by atoms with Crippen molar-refractivity contribution in [2.24, 2.45) is 0 Å². The van der Waals surface area contributed by atoms with Gasteiger partial charge >= 0.3 is 0 Å². The Morgan fingerprint density at radius 3 is 1.17 bits per heavy atom. The minimum atomic E-state index is 0.722. The number of para-hydroxylation sites is 5. The van der Waals surface area contributed by atoms with Crippen LogP contribution in [-0.2, 0) is 12.8 Å². The van der Waals surface area contributed by atoms with Crippen LogP contribution in [0.3, 0.4) is 0 Å². The maximum atomic E-state index is 7.32. The minimum absolute atomic E-state index is 0.722. The van der Waals surface area contributed by atoms with Gasteiger partial charge in [-0.25, -0.2) is 0 Å². The maximum absolute atomic E-state index is 7.32. The predicted molar refractivity (Wildman–Crippen MR) is 272 cm³/mol. The quantitative estimate of drug-likeness (QED) is 0.137. The molecule has 3 heteroatoms. The largest absolute Gasteiger partial charge is 0.455 e. The van der Waals surface area contributed by atoms with Crippen LogP contribution in [0.25, 0.3) is 43.4 Å². The Bertz CT molecular complexity index is 3440. The molecule has 0 bridgehead atoms. The summed E-state index contributed by atoms with van der Waals surface area (Å²) in [6, 6.07) is 87.3. The van der Waals surface area contributed by atoms with Gasteiger partial charge in [0.25, 0.3) is 0 Å². The lowest BCUT2D eigenvalue weighted by molar-refractivity contribution is 0.476. The van der Waals surface area contributed by atoms with Gasteiger partial charge in [-0.05, 0) is 105 Å². The normalized spacial score (nSPS) is 11.6. The van der Waals surface area contributed by atoms with Crippen LogP contribution >= 0.6 is 0 Å². The molecule has 0 radical (unpaired) electrons. The lowest BCUT2D eigenvalue weighted by atomic mass is 9.88. The van der Waals surface area contributed by atoms with Gasteiger partial charge in [0.05, 0.1) is 11.4 Å². The van der Waals surface area contributed by atoms with Crippen LogP contribution < -0.4 is 14.5 Å². The molecule has 0 aliphatic carbocycles. The summed E-state index contributed by atoms with van der Waals surface area (Å²) >= 11 is 0. The third kappa shape index (κ3) is 6.86. The highest BCUT2D eigenvalue weighted by atomic mass is 16.5. The van der Waals surface area contributed by atoms with E-state index in [1.807, 2.05) is 0 Å². The highest BCUT2D eigenvalue weighted by molar-refractivity contribution is 6.06. The van der Waals surface area contributed by atoms with Crippen LogP contribution in [0.1, 0.15) is 22.3 Å². The summed E-state index contributed by atoms with van der Waals surface area (Å²) in [5.41, 5.74) is 14.0. The molecule has 11 aromatic rings. The highest BCUT2D eigenvalue weighted by Gasteiger charge is 2.26. The molecule has 0 fully saturated rings. The van der Waals surface area contributed by atoms with E-state index < -0.39 is 0 Å². The predicted octanol–water partition coefficient (Wildman–Crippen LogP) is 17.0. The SMILES string of the molecule is c1ccc(N(c2ccccc2)c2ccc(Cc3cccc4c3Oc3c(Cc5ccc(N(c6ccccc6)c6ccccc6)c6ccccc56)ccc5cccc-4c35)c3ccccc23)cc1. The number of ether oxygens (including phenoxy) is 1. The van der Waals surface area contributed by atoms with Gasteiger partial charge in [-0.1, -0.05) is 182 Å². The van der Waals surface area contributed by atoms with Crippen molar-refractivity contribution in [3.05, 3.63) is 265 Å². The molecule has 1 aliphatic heterocycles. The smallest absolute Gasteiger partial charge is 0.139 e. The van der Waals surface area contributed by atoms with Gasteiger partial charge in [0.15, 0.2) is 0 Å². The van der Waals surface area contributed by atoms with Gasteiger partial charge in [0.2, 0.25) is 0 Å². The zero-order chi connectivity index (χ0) is 43.1. The summed E-state index contributed by atoms with van der Waals surface area (Å²) < 4.78 is 7.32. The summed E-state index contributed by atoms with van der Waals surface area (Å²) in [7, 11) is 0. The second kappa shape index (κ2) is 16.4. The van der Waals surface area contributed by atoms with Gasteiger partial charge in [-0.2, -0.15) is 0 Å². The van der Waals surface area contributed by atoms with Crippen LogP contribution in [0.4, 0.5) is 34.1 Å². The third-order valence-electron chi connectivity index (χ3n) is 13.0. The van der Waals surface area contributed by atoms with Gasteiger partial charge in [0, 0.05) is 57.3 Å². The van der Waals surface area contributed by atoms with Crippen LogP contribution in [-0.4, -0.2) is 0 Å². The molecule has 11 aromatic carbocycles. The molecule has 1 aliphatic rings. The van der Waals surface area contributed by atoms with Crippen molar-refractivity contribution in [3.63, 3.8) is 0 Å². The van der Waals surface area contributed by atoms with Crippen molar-refractivity contribution in [3.8, 4) is 22.6 Å². The summed E-state index contributed by atoms with van der Waals surface area (Å²) in [5.74, 6) is 1.88. The second-order valence-corrected chi connectivity index (χ2v) is 16.8. The molecule has 0 amide bonds. The molecule has 308 valence electrons. The number of nitrogens with zero attached hydrogens (tertiary/aromatic N) is 2. The average Bonchev–Trinajstić information content (AvgIpc) is 3.37. The van der Waals surface area contributed by atoms with Crippen molar-refractivity contribution >= 4 is 66.4 Å². The standard InChI is InChI=1S/C62H44N2O/c1-5-21-48(22-6-1)63(49-23-7-2-8-24-49)58-39-37-44(52-29-13-15-31-54(52)58)41-46-20-18-34-57-56-33-17-19-43-35-36-47(62(60(43)56)65-61(46)57)42-45-38-40-59(55-32-16-14-30-53(45)55)64(50-25-9-3-10-26-50)51-27-11-4-12-28-51/h1-40H,41-42H2. The Morgan fingerprint density at radius 2 is 0.677 bits per heavy atom.